The number of hydrogen-bond donors (Lipinski definition) is 2. The Labute approximate surface area is 129 Å². The first kappa shape index (κ1) is 16.2. The van der Waals surface area contributed by atoms with E-state index in [1.165, 1.54) is 12.1 Å². The molecular formula is C16H20N2O4. The van der Waals surface area contributed by atoms with Crippen molar-refractivity contribution in [2.24, 2.45) is 5.92 Å². The highest BCUT2D eigenvalue weighted by Gasteiger charge is 2.45. The third-order valence-corrected chi connectivity index (χ3v) is 3.85. The van der Waals surface area contributed by atoms with Crippen LogP contribution in [0.15, 0.2) is 30.3 Å². The molecule has 0 aliphatic carbocycles. The zero-order chi connectivity index (χ0) is 16.7. The normalized spacial score (nSPS) is 22.7. The number of carboxylic acids is 1. The molecule has 0 bridgehead atoms. The second kappa shape index (κ2) is 5.21. The number of carbonyl (C=O) groups is 1. The van der Waals surface area contributed by atoms with Crippen molar-refractivity contribution < 1.29 is 14.8 Å². The fourth-order valence-corrected chi connectivity index (χ4v) is 3.27. The van der Waals surface area contributed by atoms with Gasteiger partial charge in [0.1, 0.15) is 0 Å². The molecule has 1 aromatic rings. The van der Waals surface area contributed by atoms with Gasteiger partial charge >= 0.3 is 5.97 Å². The molecule has 1 aliphatic heterocycles. The van der Waals surface area contributed by atoms with E-state index in [9.17, 15) is 20.0 Å². The molecule has 1 atom stereocenters. The van der Waals surface area contributed by atoms with Crippen molar-refractivity contribution in [3.63, 3.8) is 0 Å². The summed E-state index contributed by atoms with van der Waals surface area (Å²) >= 11 is 0. The minimum absolute atomic E-state index is 0.0105. The van der Waals surface area contributed by atoms with Crippen LogP contribution in [0.3, 0.4) is 0 Å². The van der Waals surface area contributed by atoms with Gasteiger partial charge in [0.15, 0.2) is 0 Å². The van der Waals surface area contributed by atoms with Crippen molar-refractivity contribution in [1.29, 1.82) is 0 Å². The lowest BCUT2D eigenvalue weighted by Crippen LogP contribution is -2.60. The smallest absolute Gasteiger partial charge is 0.312 e. The van der Waals surface area contributed by atoms with Gasteiger partial charge in [-0.3, -0.25) is 14.9 Å². The molecule has 0 saturated heterocycles. The molecule has 0 fully saturated rings. The minimum atomic E-state index is -0.919. The number of nitrogens with one attached hydrogen (secondary N) is 1. The molecule has 22 heavy (non-hydrogen) atoms. The molecule has 118 valence electrons. The molecule has 1 heterocycles. The summed E-state index contributed by atoms with van der Waals surface area (Å²) in [7, 11) is 0. The number of nitrogens with zero attached hydrogens (tertiary/aromatic N) is 1. The first-order valence-corrected chi connectivity index (χ1v) is 7.03. The average molecular weight is 304 g/mol. The Morgan fingerprint density at radius 3 is 2.23 bits per heavy atom. The van der Waals surface area contributed by atoms with E-state index in [2.05, 4.69) is 5.32 Å². The van der Waals surface area contributed by atoms with Crippen LogP contribution >= 0.6 is 0 Å². The van der Waals surface area contributed by atoms with Gasteiger partial charge in [0.05, 0.1) is 10.8 Å². The van der Waals surface area contributed by atoms with Gasteiger partial charge in [-0.05, 0) is 51.0 Å². The van der Waals surface area contributed by atoms with E-state index in [1.54, 1.807) is 12.1 Å². The molecule has 2 N–H and O–H groups in total. The summed E-state index contributed by atoms with van der Waals surface area (Å²) in [6.07, 6.45) is 1.89. The van der Waals surface area contributed by atoms with Crippen LogP contribution in [0.4, 0.5) is 5.69 Å². The van der Waals surface area contributed by atoms with Crippen LogP contribution < -0.4 is 5.32 Å². The third kappa shape index (κ3) is 3.01. The zero-order valence-electron chi connectivity index (χ0n) is 13.1. The van der Waals surface area contributed by atoms with Crippen molar-refractivity contribution in [2.75, 3.05) is 0 Å². The predicted octanol–water partition coefficient (Wildman–Crippen LogP) is 2.84. The molecule has 6 heteroatoms. The molecule has 0 aromatic heterocycles. The van der Waals surface area contributed by atoms with Crippen molar-refractivity contribution >= 4 is 17.2 Å². The summed E-state index contributed by atoms with van der Waals surface area (Å²) in [4.78, 5) is 22.0. The van der Waals surface area contributed by atoms with Crippen LogP contribution in [0, 0.1) is 16.0 Å². The van der Waals surface area contributed by atoms with Gasteiger partial charge in [-0.15, -0.1) is 0 Å². The van der Waals surface area contributed by atoms with Gasteiger partial charge < -0.3 is 10.4 Å². The van der Waals surface area contributed by atoms with Crippen LogP contribution in [-0.4, -0.2) is 27.1 Å². The highest BCUT2D eigenvalue weighted by molar-refractivity contribution is 5.90. The van der Waals surface area contributed by atoms with E-state index < -0.39 is 22.3 Å². The number of non-ortho nitro benzene ring substituents is 1. The second-order valence-electron chi connectivity index (χ2n) is 6.74. The van der Waals surface area contributed by atoms with Crippen molar-refractivity contribution in [2.45, 2.75) is 38.8 Å². The maximum absolute atomic E-state index is 11.8. The summed E-state index contributed by atoms with van der Waals surface area (Å²) < 4.78 is 0. The summed E-state index contributed by atoms with van der Waals surface area (Å²) in [6, 6.07) is 6.02. The van der Waals surface area contributed by atoms with Gasteiger partial charge in [0.25, 0.3) is 5.69 Å². The molecule has 0 radical (unpaired) electrons. The number of rotatable bonds is 3. The zero-order valence-corrected chi connectivity index (χ0v) is 13.1. The fraction of sp³-hybridized carbons (Fsp3) is 0.438. The molecule has 1 unspecified atom stereocenters. The third-order valence-electron chi connectivity index (χ3n) is 3.85. The molecule has 0 saturated carbocycles. The van der Waals surface area contributed by atoms with Crippen LogP contribution in [0.5, 0.6) is 0 Å². The Morgan fingerprint density at radius 1 is 1.23 bits per heavy atom. The van der Waals surface area contributed by atoms with E-state index >= 15 is 0 Å². The highest BCUT2D eigenvalue weighted by atomic mass is 16.6. The Morgan fingerprint density at radius 2 is 1.77 bits per heavy atom. The standard InChI is InChI=1S/C16H20N2O4/c1-15(2)9-12(13(14(19)20)16(3,4)17-15)10-5-7-11(8-6-10)18(21)22/h5-9,13,17H,1-4H3,(H,19,20). The lowest BCUT2D eigenvalue weighted by Gasteiger charge is -2.45. The molecule has 0 amide bonds. The summed E-state index contributed by atoms with van der Waals surface area (Å²) in [6.45, 7) is 7.65. The van der Waals surface area contributed by atoms with Gasteiger partial charge in [0, 0.05) is 23.2 Å². The van der Waals surface area contributed by atoms with E-state index in [0.717, 1.165) is 0 Å². The SMILES string of the molecule is CC1(C)C=C(c2ccc([N+](=O)[O-])cc2)C(C(=O)O)C(C)(C)N1. The monoisotopic (exact) mass is 304 g/mol. The first-order chi connectivity index (χ1) is 10.0. The molecule has 1 aliphatic rings. The Bertz CT molecular complexity index is 645. The number of hydrogen-bond acceptors (Lipinski definition) is 4. The summed E-state index contributed by atoms with van der Waals surface area (Å²) in [5, 5.41) is 23.7. The number of nitro groups is 1. The minimum Gasteiger partial charge on any atom is -0.481 e. The summed E-state index contributed by atoms with van der Waals surface area (Å²) in [5.41, 5.74) is 0.355. The van der Waals surface area contributed by atoms with Crippen LogP contribution in [-0.2, 0) is 4.79 Å². The maximum atomic E-state index is 11.8. The van der Waals surface area contributed by atoms with E-state index in [0.29, 0.717) is 11.1 Å². The summed E-state index contributed by atoms with van der Waals surface area (Å²) in [5.74, 6) is -1.65. The molecule has 6 nitrogen and oxygen atoms in total. The Kier molecular flexibility index (Phi) is 3.83. The lowest BCUT2D eigenvalue weighted by atomic mass is 9.72. The topological polar surface area (TPSA) is 92.5 Å². The van der Waals surface area contributed by atoms with E-state index in [4.69, 9.17) is 0 Å². The van der Waals surface area contributed by atoms with Crippen molar-refractivity contribution in [3.8, 4) is 0 Å². The molecular weight excluding hydrogens is 284 g/mol. The van der Waals surface area contributed by atoms with Crippen molar-refractivity contribution in [1.82, 2.24) is 5.32 Å². The molecule has 2 rings (SSSR count). The van der Waals surface area contributed by atoms with E-state index in [-0.39, 0.29) is 11.2 Å². The van der Waals surface area contributed by atoms with E-state index in [1.807, 2.05) is 33.8 Å². The Hall–Kier alpha value is -2.21. The van der Waals surface area contributed by atoms with Gasteiger partial charge in [0.2, 0.25) is 0 Å². The first-order valence-electron chi connectivity index (χ1n) is 7.03. The van der Waals surface area contributed by atoms with Gasteiger partial charge in [-0.25, -0.2) is 0 Å². The lowest BCUT2D eigenvalue weighted by molar-refractivity contribution is -0.384. The largest absolute Gasteiger partial charge is 0.481 e. The number of nitro benzene ring substituents is 1. The fourth-order valence-electron chi connectivity index (χ4n) is 3.27. The Balaban J connectivity index is 2.55. The van der Waals surface area contributed by atoms with Crippen LogP contribution in [0.2, 0.25) is 0 Å². The van der Waals surface area contributed by atoms with Crippen LogP contribution in [0.25, 0.3) is 5.57 Å². The quantitative estimate of drug-likeness (QED) is 0.661. The molecule has 1 aromatic carbocycles. The van der Waals surface area contributed by atoms with Gasteiger partial charge in [-0.1, -0.05) is 6.08 Å². The number of benzene rings is 1. The molecule has 0 spiro atoms. The second-order valence-corrected chi connectivity index (χ2v) is 6.74. The predicted molar refractivity (Wildman–Crippen MR) is 83.5 cm³/mol. The van der Waals surface area contributed by atoms with Gasteiger partial charge in [-0.2, -0.15) is 0 Å². The number of aliphatic carboxylic acids is 1. The average Bonchev–Trinajstić information content (AvgIpc) is 2.34. The van der Waals surface area contributed by atoms with Crippen LogP contribution in [0.1, 0.15) is 33.3 Å². The number of carboxylic acid groups (broad SMARTS) is 1. The van der Waals surface area contributed by atoms with Crippen molar-refractivity contribution in [3.05, 3.63) is 46.0 Å². The highest BCUT2D eigenvalue weighted by Crippen LogP contribution is 2.39. The maximum Gasteiger partial charge on any atom is 0.312 e.